The van der Waals surface area contributed by atoms with E-state index in [1.54, 1.807) is 12.4 Å². The fourth-order valence-electron chi connectivity index (χ4n) is 3.20. The molecule has 1 N–H and O–H groups in total. The third kappa shape index (κ3) is 4.25. The van der Waals surface area contributed by atoms with Crippen LogP contribution in [-0.2, 0) is 6.54 Å². The summed E-state index contributed by atoms with van der Waals surface area (Å²) in [5.74, 6) is 0.549. The van der Waals surface area contributed by atoms with E-state index in [-0.39, 0.29) is 5.91 Å². The van der Waals surface area contributed by atoms with Crippen LogP contribution in [-0.4, -0.2) is 47.0 Å². The number of hydrogen-bond donors (Lipinski definition) is 1. The molecule has 1 aromatic carbocycles. The Morgan fingerprint density at radius 2 is 1.61 bits per heavy atom. The summed E-state index contributed by atoms with van der Waals surface area (Å²) < 4.78 is 0. The molecule has 3 heterocycles. The fraction of sp³-hybridized carbons (Fsp3) is 0.238. The molecular weight excluding hydrogens is 352 g/mol. The van der Waals surface area contributed by atoms with Crippen molar-refractivity contribution < 1.29 is 4.79 Å². The number of piperazine rings is 1. The minimum Gasteiger partial charge on any atom is -0.368 e. The molecule has 2 aromatic heterocycles. The highest BCUT2D eigenvalue weighted by molar-refractivity contribution is 5.91. The van der Waals surface area contributed by atoms with Gasteiger partial charge in [-0.25, -0.2) is 9.97 Å². The highest BCUT2D eigenvalue weighted by Crippen LogP contribution is 2.18. The van der Waals surface area contributed by atoms with Crippen LogP contribution < -0.4 is 15.1 Å². The van der Waals surface area contributed by atoms with Crippen LogP contribution in [0.15, 0.2) is 67.1 Å². The zero-order valence-electron chi connectivity index (χ0n) is 15.5. The number of amides is 1. The maximum atomic E-state index is 12.2. The maximum absolute atomic E-state index is 12.2. The van der Waals surface area contributed by atoms with Crippen molar-refractivity contribution >= 4 is 17.4 Å². The molecule has 0 saturated carbocycles. The van der Waals surface area contributed by atoms with Gasteiger partial charge in [0.15, 0.2) is 0 Å². The van der Waals surface area contributed by atoms with Crippen molar-refractivity contribution in [3.05, 3.63) is 78.5 Å². The van der Waals surface area contributed by atoms with Gasteiger partial charge in [0.25, 0.3) is 5.91 Å². The summed E-state index contributed by atoms with van der Waals surface area (Å²) >= 11 is 0. The van der Waals surface area contributed by atoms with Crippen LogP contribution in [0.5, 0.6) is 0 Å². The van der Waals surface area contributed by atoms with Crippen LogP contribution in [0.3, 0.4) is 0 Å². The third-order valence-corrected chi connectivity index (χ3v) is 4.75. The van der Waals surface area contributed by atoms with E-state index in [9.17, 15) is 4.79 Å². The number of aromatic nitrogens is 3. The topological polar surface area (TPSA) is 74.2 Å². The number of carbonyl (C=O) groups excluding carboxylic acids is 1. The Morgan fingerprint density at radius 1 is 0.857 bits per heavy atom. The summed E-state index contributed by atoms with van der Waals surface area (Å²) in [7, 11) is 0. The summed E-state index contributed by atoms with van der Waals surface area (Å²) in [5, 5.41) is 2.81. The van der Waals surface area contributed by atoms with E-state index in [1.165, 1.54) is 11.9 Å². The molecule has 0 bridgehead atoms. The lowest BCUT2D eigenvalue weighted by Gasteiger charge is -2.36. The van der Waals surface area contributed by atoms with E-state index in [1.807, 2.05) is 24.3 Å². The van der Waals surface area contributed by atoms with Crippen molar-refractivity contribution in [1.82, 2.24) is 20.3 Å². The molecule has 7 nitrogen and oxygen atoms in total. The van der Waals surface area contributed by atoms with Crippen molar-refractivity contribution in [3.63, 3.8) is 0 Å². The number of nitrogens with one attached hydrogen (secondary N) is 1. The molecule has 1 fully saturated rings. The number of anilines is 2. The lowest BCUT2D eigenvalue weighted by Crippen LogP contribution is -2.46. The molecular formula is C21H22N6O. The van der Waals surface area contributed by atoms with E-state index in [2.05, 4.69) is 54.3 Å². The second-order valence-corrected chi connectivity index (χ2v) is 6.57. The summed E-state index contributed by atoms with van der Waals surface area (Å²) in [5.41, 5.74) is 2.35. The van der Waals surface area contributed by atoms with E-state index >= 15 is 0 Å². The smallest absolute Gasteiger partial charge is 0.271 e. The minimum atomic E-state index is -0.251. The first-order valence-electron chi connectivity index (χ1n) is 9.35. The quantitative estimate of drug-likeness (QED) is 0.737. The number of hydrogen-bond acceptors (Lipinski definition) is 6. The van der Waals surface area contributed by atoms with Gasteiger partial charge in [-0.1, -0.05) is 24.3 Å². The Hall–Kier alpha value is -3.48. The van der Waals surface area contributed by atoms with E-state index < -0.39 is 0 Å². The second-order valence-electron chi connectivity index (χ2n) is 6.57. The third-order valence-electron chi connectivity index (χ3n) is 4.75. The summed E-state index contributed by atoms with van der Waals surface area (Å²) in [6, 6.07) is 16.0. The molecule has 1 amide bonds. The molecule has 0 spiro atoms. The van der Waals surface area contributed by atoms with Gasteiger partial charge in [0.1, 0.15) is 11.5 Å². The molecule has 1 saturated heterocycles. The average molecular weight is 374 g/mol. The highest BCUT2D eigenvalue weighted by atomic mass is 16.1. The van der Waals surface area contributed by atoms with E-state index in [0.29, 0.717) is 12.2 Å². The van der Waals surface area contributed by atoms with Gasteiger partial charge in [0.05, 0.1) is 24.6 Å². The Balaban J connectivity index is 1.31. The van der Waals surface area contributed by atoms with Crippen molar-refractivity contribution in [2.24, 2.45) is 0 Å². The first-order valence-corrected chi connectivity index (χ1v) is 9.35. The molecule has 3 aromatic rings. The van der Waals surface area contributed by atoms with Gasteiger partial charge in [0, 0.05) is 38.1 Å². The minimum absolute atomic E-state index is 0.251. The molecule has 4 rings (SSSR count). The van der Waals surface area contributed by atoms with Crippen molar-refractivity contribution in [2.45, 2.75) is 6.54 Å². The zero-order chi connectivity index (χ0) is 19.2. The number of carbonyl (C=O) groups is 1. The van der Waals surface area contributed by atoms with Crippen LogP contribution in [0.25, 0.3) is 0 Å². The molecule has 1 aliphatic heterocycles. The maximum Gasteiger partial charge on any atom is 0.271 e. The van der Waals surface area contributed by atoms with Crippen LogP contribution in [0.1, 0.15) is 16.2 Å². The molecule has 0 radical (unpaired) electrons. The van der Waals surface area contributed by atoms with Crippen molar-refractivity contribution in [3.8, 4) is 0 Å². The molecule has 0 aliphatic carbocycles. The average Bonchev–Trinajstić information content (AvgIpc) is 2.79. The predicted octanol–water partition coefficient (Wildman–Crippen LogP) is 2.13. The van der Waals surface area contributed by atoms with Gasteiger partial charge in [-0.05, 0) is 24.3 Å². The molecule has 7 heteroatoms. The number of rotatable bonds is 5. The Bertz CT molecular complexity index is 893. The highest BCUT2D eigenvalue weighted by Gasteiger charge is 2.19. The lowest BCUT2D eigenvalue weighted by atomic mass is 10.2. The first-order chi connectivity index (χ1) is 13.8. The number of pyridine rings is 1. The zero-order valence-corrected chi connectivity index (χ0v) is 15.5. The summed E-state index contributed by atoms with van der Waals surface area (Å²) in [6.07, 6.45) is 4.91. The standard InChI is InChI=1S/C21H22N6O/c28-21(25-14-17-6-4-5-9-22-17)19-15-24-20(16-23-19)27-12-10-26(11-13-27)18-7-2-1-3-8-18/h1-9,15-16H,10-14H2,(H,25,28). The van der Waals surface area contributed by atoms with Crippen molar-refractivity contribution in [2.75, 3.05) is 36.0 Å². The van der Waals surface area contributed by atoms with Crippen LogP contribution in [0.2, 0.25) is 0 Å². The van der Waals surface area contributed by atoms with Gasteiger partial charge >= 0.3 is 0 Å². The molecule has 1 aliphatic rings. The monoisotopic (exact) mass is 374 g/mol. The Kier molecular flexibility index (Phi) is 5.42. The Labute approximate surface area is 164 Å². The number of para-hydroxylation sites is 1. The molecule has 142 valence electrons. The number of benzene rings is 1. The van der Waals surface area contributed by atoms with E-state index in [0.717, 1.165) is 37.7 Å². The van der Waals surface area contributed by atoms with E-state index in [4.69, 9.17) is 0 Å². The molecule has 0 unspecified atom stereocenters. The molecule has 0 atom stereocenters. The Morgan fingerprint density at radius 3 is 2.29 bits per heavy atom. The molecule has 28 heavy (non-hydrogen) atoms. The largest absolute Gasteiger partial charge is 0.368 e. The second kappa shape index (κ2) is 8.47. The first kappa shape index (κ1) is 17.9. The van der Waals surface area contributed by atoms with Crippen LogP contribution in [0.4, 0.5) is 11.5 Å². The van der Waals surface area contributed by atoms with Gasteiger partial charge < -0.3 is 15.1 Å². The van der Waals surface area contributed by atoms with Crippen molar-refractivity contribution in [1.29, 1.82) is 0 Å². The van der Waals surface area contributed by atoms with Gasteiger partial charge in [-0.15, -0.1) is 0 Å². The van der Waals surface area contributed by atoms with Gasteiger partial charge in [0.2, 0.25) is 0 Å². The SMILES string of the molecule is O=C(NCc1ccccn1)c1cnc(N2CCN(c3ccccc3)CC2)cn1. The van der Waals surface area contributed by atoms with Gasteiger partial charge in [-0.3, -0.25) is 9.78 Å². The summed E-state index contributed by atoms with van der Waals surface area (Å²) in [6.45, 7) is 3.96. The van der Waals surface area contributed by atoms with Crippen LogP contribution in [0, 0.1) is 0 Å². The number of nitrogens with zero attached hydrogens (tertiary/aromatic N) is 5. The fourth-order valence-corrected chi connectivity index (χ4v) is 3.20. The predicted molar refractivity (Wildman–Crippen MR) is 108 cm³/mol. The summed E-state index contributed by atoms with van der Waals surface area (Å²) in [4.78, 5) is 29.7. The van der Waals surface area contributed by atoms with Crippen LogP contribution >= 0.6 is 0 Å². The lowest BCUT2D eigenvalue weighted by molar-refractivity contribution is 0.0945. The van der Waals surface area contributed by atoms with Gasteiger partial charge in [-0.2, -0.15) is 0 Å². The normalized spacial score (nSPS) is 14.0.